The predicted molar refractivity (Wildman–Crippen MR) is 80.7 cm³/mol. The average Bonchev–Trinajstić information content (AvgIpc) is 2.46. The molecule has 1 aliphatic rings. The van der Waals surface area contributed by atoms with Crippen molar-refractivity contribution in [2.24, 2.45) is 0 Å². The van der Waals surface area contributed by atoms with Crippen LogP contribution >= 0.6 is 0 Å². The number of rotatable bonds is 2. The Hall–Kier alpha value is -2.49. The number of carbonyl (C=O) groups is 1. The second-order valence-corrected chi connectivity index (χ2v) is 5.05. The van der Waals surface area contributed by atoms with Gasteiger partial charge in [-0.05, 0) is 30.3 Å². The number of fused-ring (bicyclic) bond motifs is 2. The minimum Gasteiger partial charge on any atom is -0.453 e. The van der Waals surface area contributed by atoms with Gasteiger partial charge in [-0.25, -0.2) is 0 Å². The fraction of sp³-hybridized carbons (Fsp3) is 0.188. The van der Waals surface area contributed by atoms with E-state index in [2.05, 4.69) is 11.0 Å². The van der Waals surface area contributed by atoms with Gasteiger partial charge in [-0.1, -0.05) is 0 Å². The molecule has 0 fully saturated rings. The zero-order chi connectivity index (χ0) is 14.3. The third-order valence-electron chi connectivity index (χ3n) is 3.52. The van der Waals surface area contributed by atoms with Gasteiger partial charge in [0.25, 0.3) is 0 Å². The lowest BCUT2D eigenvalue weighted by Gasteiger charge is -2.30. The minimum atomic E-state index is 0.615. The third kappa shape index (κ3) is 1.90. The van der Waals surface area contributed by atoms with Gasteiger partial charge in [0.05, 0.1) is 11.4 Å². The molecule has 2 aromatic carbocycles. The molecule has 0 atom stereocenters. The van der Waals surface area contributed by atoms with E-state index in [1.54, 1.807) is 12.1 Å². The van der Waals surface area contributed by atoms with Crippen LogP contribution in [0.3, 0.4) is 0 Å². The van der Waals surface area contributed by atoms with Crippen LogP contribution in [0, 0.1) is 0 Å². The molecule has 3 rings (SSSR count). The highest BCUT2D eigenvalue weighted by molar-refractivity contribution is 5.83. The smallest absolute Gasteiger partial charge is 0.153 e. The molecule has 4 heteroatoms. The topological polar surface area (TPSA) is 32.8 Å². The van der Waals surface area contributed by atoms with Crippen LogP contribution in [0.5, 0.6) is 11.5 Å². The van der Waals surface area contributed by atoms with Crippen molar-refractivity contribution in [2.45, 2.75) is 0 Å². The molecule has 4 nitrogen and oxygen atoms in total. The Kier molecular flexibility index (Phi) is 2.86. The first-order chi connectivity index (χ1) is 9.60. The molecule has 0 saturated carbocycles. The lowest BCUT2D eigenvalue weighted by Crippen LogP contribution is -2.16. The maximum Gasteiger partial charge on any atom is 0.153 e. The van der Waals surface area contributed by atoms with E-state index in [4.69, 9.17) is 4.74 Å². The van der Waals surface area contributed by atoms with E-state index >= 15 is 0 Å². The van der Waals surface area contributed by atoms with Gasteiger partial charge in [0, 0.05) is 38.5 Å². The van der Waals surface area contributed by atoms with Crippen molar-refractivity contribution in [1.82, 2.24) is 0 Å². The van der Waals surface area contributed by atoms with Gasteiger partial charge < -0.3 is 14.5 Å². The van der Waals surface area contributed by atoms with Crippen LogP contribution in [0.15, 0.2) is 36.4 Å². The van der Waals surface area contributed by atoms with Crippen LogP contribution in [0.2, 0.25) is 0 Å². The van der Waals surface area contributed by atoms with Crippen molar-refractivity contribution < 1.29 is 9.53 Å². The first-order valence-electron chi connectivity index (χ1n) is 6.42. The molecule has 20 heavy (non-hydrogen) atoms. The molecular weight excluding hydrogens is 252 g/mol. The van der Waals surface area contributed by atoms with Crippen molar-refractivity contribution in [3.05, 3.63) is 42.0 Å². The van der Waals surface area contributed by atoms with E-state index in [-0.39, 0.29) is 0 Å². The van der Waals surface area contributed by atoms with Crippen LogP contribution in [-0.2, 0) is 0 Å². The van der Waals surface area contributed by atoms with E-state index < -0.39 is 0 Å². The third-order valence-corrected chi connectivity index (χ3v) is 3.52. The Morgan fingerprint density at radius 1 is 1.05 bits per heavy atom. The van der Waals surface area contributed by atoms with Crippen LogP contribution in [0.4, 0.5) is 17.1 Å². The highest BCUT2D eigenvalue weighted by atomic mass is 16.5. The van der Waals surface area contributed by atoms with E-state index in [0.717, 1.165) is 29.1 Å². The fourth-order valence-corrected chi connectivity index (χ4v) is 2.35. The molecule has 0 bridgehead atoms. The summed E-state index contributed by atoms with van der Waals surface area (Å²) in [7, 11) is 5.98. The molecule has 0 aliphatic carbocycles. The number of hydrogen-bond donors (Lipinski definition) is 0. The largest absolute Gasteiger partial charge is 0.453 e. The molecule has 0 saturated heterocycles. The Balaban J connectivity index is 2.09. The quantitative estimate of drug-likeness (QED) is 0.781. The highest BCUT2D eigenvalue weighted by Gasteiger charge is 2.22. The molecule has 0 unspecified atom stereocenters. The Bertz CT molecular complexity index is 680. The van der Waals surface area contributed by atoms with Gasteiger partial charge >= 0.3 is 0 Å². The van der Waals surface area contributed by atoms with Crippen molar-refractivity contribution in [1.29, 1.82) is 0 Å². The summed E-state index contributed by atoms with van der Waals surface area (Å²) in [5.41, 5.74) is 3.67. The monoisotopic (exact) mass is 268 g/mol. The number of ether oxygens (including phenoxy) is 1. The van der Waals surface area contributed by atoms with E-state index in [1.807, 2.05) is 44.2 Å². The first kappa shape index (κ1) is 12.5. The highest BCUT2D eigenvalue weighted by Crippen LogP contribution is 2.46. The van der Waals surface area contributed by atoms with Crippen molar-refractivity contribution in [3.8, 4) is 11.5 Å². The SMILES string of the molecule is CN(C)c1ccc2c(c1)Oc1cc(C=O)ccc1N2C. The van der Waals surface area contributed by atoms with Gasteiger partial charge in [0.2, 0.25) is 0 Å². The van der Waals surface area contributed by atoms with Gasteiger partial charge in [-0.2, -0.15) is 0 Å². The van der Waals surface area contributed by atoms with Gasteiger partial charge in [-0.3, -0.25) is 4.79 Å². The standard InChI is InChI=1S/C16H16N2O2/c1-17(2)12-5-7-14-16(9-12)20-15-8-11(10-19)4-6-13(15)18(14)3/h4-10H,1-3H3. The Morgan fingerprint density at radius 2 is 1.70 bits per heavy atom. The lowest BCUT2D eigenvalue weighted by atomic mass is 10.1. The summed E-state index contributed by atoms with van der Waals surface area (Å²) in [6, 6.07) is 11.6. The summed E-state index contributed by atoms with van der Waals surface area (Å²) in [6.07, 6.45) is 0.829. The predicted octanol–water partition coefficient (Wildman–Crippen LogP) is 3.44. The van der Waals surface area contributed by atoms with Crippen LogP contribution in [0.25, 0.3) is 0 Å². The fourth-order valence-electron chi connectivity index (χ4n) is 2.35. The molecule has 102 valence electrons. The summed E-state index contributed by atoms with van der Waals surface area (Å²) in [5.74, 6) is 1.51. The molecule has 0 radical (unpaired) electrons. The minimum absolute atomic E-state index is 0.615. The Labute approximate surface area is 118 Å². The zero-order valence-corrected chi connectivity index (χ0v) is 11.8. The van der Waals surface area contributed by atoms with Gasteiger partial charge in [-0.15, -0.1) is 0 Å². The van der Waals surface area contributed by atoms with Crippen LogP contribution in [0.1, 0.15) is 10.4 Å². The summed E-state index contributed by atoms with van der Waals surface area (Å²) in [5, 5.41) is 0. The summed E-state index contributed by atoms with van der Waals surface area (Å²) in [4.78, 5) is 15.0. The zero-order valence-electron chi connectivity index (χ0n) is 11.8. The van der Waals surface area contributed by atoms with E-state index in [0.29, 0.717) is 11.3 Å². The molecule has 0 aromatic heterocycles. The number of benzene rings is 2. The van der Waals surface area contributed by atoms with Crippen LogP contribution in [-0.4, -0.2) is 27.4 Å². The number of anilines is 3. The van der Waals surface area contributed by atoms with E-state index in [9.17, 15) is 4.79 Å². The normalized spacial score (nSPS) is 12.2. The van der Waals surface area contributed by atoms with Crippen molar-refractivity contribution in [3.63, 3.8) is 0 Å². The summed E-state index contributed by atoms with van der Waals surface area (Å²) >= 11 is 0. The van der Waals surface area contributed by atoms with Crippen molar-refractivity contribution in [2.75, 3.05) is 30.9 Å². The first-order valence-corrected chi connectivity index (χ1v) is 6.42. The molecule has 0 amide bonds. The molecular formula is C16H16N2O2. The van der Waals surface area contributed by atoms with E-state index in [1.165, 1.54) is 0 Å². The number of nitrogens with zero attached hydrogens (tertiary/aromatic N) is 2. The lowest BCUT2D eigenvalue weighted by molar-refractivity contribution is 0.112. The van der Waals surface area contributed by atoms with Crippen molar-refractivity contribution >= 4 is 23.3 Å². The molecule has 1 aliphatic heterocycles. The average molecular weight is 268 g/mol. The summed E-state index contributed by atoms with van der Waals surface area (Å²) < 4.78 is 5.95. The summed E-state index contributed by atoms with van der Waals surface area (Å²) in [6.45, 7) is 0. The molecule has 0 spiro atoms. The van der Waals surface area contributed by atoms with Gasteiger partial charge in [0.1, 0.15) is 6.29 Å². The molecule has 0 N–H and O–H groups in total. The Morgan fingerprint density at radius 3 is 2.35 bits per heavy atom. The second kappa shape index (κ2) is 4.56. The number of carbonyl (C=O) groups excluding carboxylic acids is 1. The molecule has 1 heterocycles. The van der Waals surface area contributed by atoms with Gasteiger partial charge in [0.15, 0.2) is 11.5 Å². The maximum absolute atomic E-state index is 10.9. The number of aldehydes is 1. The second-order valence-electron chi connectivity index (χ2n) is 5.05. The number of hydrogen-bond acceptors (Lipinski definition) is 4. The maximum atomic E-state index is 10.9. The molecule has 2 aromatic rings. The van der Waals surface area contributed by atoms with Crippen LogP contribution < -0.4 is 14.5 Å².